The number of amides is 1. The van der Waals surface area contributed by atoms with E-state index in [-0.39, 0.29) is 5.91 Å². The van der Waals surface area contributed by atoms with Crippen LogP contribution in [0.1, 0.15) is 33.4 Å². The number of aliphatic carboxylic acids is 1. The third-order valence-electron chi connectivity index (χ3n) is 3.99. The molecule has 0 saturated heterocycles. The van der Waals surface area contributed by atoms with E-state index in [9.17, 15) is 14.7 Å². The number of carboxylic acid groups (broad SMARTS) is 1. The molecule has 2 aromatic rings. The quantitative estimate of drug-likeness (QED) is 0.920. The summed E-state index contributed by atoms with van der Waals surface area (Å²) in [6, 6.07) is 15.8. The summed E-state index contributed by atoms with van der Waals surface area (Å²) in [5, 5.41) is 9.68. The van der Waals surface area contributed by atoms with Crippen LogP contribution in [-0.4, -0.2) is 28.9 Å². The number of nitrogens with zero attached hydrogens (tertiary/aromatic N) is 1. The van der Waals surface area contributed by atoms with Gasteiger partial charge in [0.25, 0.3) is 5.91 Å². The minimum atomic E-state index is -0.921. The number of hydrogen-bond donors (Lipinski definition) is 1. The second-order valence-corrected chi connectivity index (χ2v) is 5.17. The van der Waals surface area contributed by atoms with Gasteiger partial charge in [-0.2, -0.15) is 0 Å². The summed E-state index contributed by atoms with van der Waals surface area (Å²) in [4.78, 5) is 25.8. The zero-order chi connectivity index (χ0) is 15.0. The highest BCUT2D eigenvalue weighted by Gasteiger charge is 2.42. The molecule has 1 heterocycles. The molecule has 4 heteroatoms. The van der Waals surface area contributed by atoms with Crippen molar-refractivity contribution in [3.05, 3.63) is 71.3 Å². The van der Waals surface area contributed by atoms with Gasteiger partial charge < -0.3 is 10.0 Å². The number of carbonyl (C=O) groups is 2. The van der Waals surface area contributed by atoms with E-state index in [1.165, 1.54) is 4.90 Å². The van der Waals surface area contributed by atoms with Crippen molar-refractivity contribution in [2.24, 2.45) is 0 Å². The van der Waals surface area contributed by atoms with Gasteiger partial charge in [-0.3, -0.25) is 9.59 Å². The van der Waals surface area contributed by atoms with Crippen molar-refractivity contribution in [2.45, 2.75) is 12.0 Å². The lowest BCUT2D eigenvalue weighted by Crippen LogP contribution is -2.42. The molecule has 0 radical (unpaired) electrons. The molecule has 0 spiro atoms. The molecule has 1 aliphatic rings. The van der Waals surface area contributed by atoms with Gasteiger partial charge in [0.1, 0.15) is 5.92 Å². The van der Waals surface area contributed by atoms with Crippen LogP contribution in [0.5, 0.6) is 0 Å². The van der Waals surface area contributed by atoms with Crippen molar-refractivity contribution in [3.63, 3.8) is 0 Å². The molecule has 0 bridgehead atoms. The Hall–Kier alpha value is -2.62. The highest BCUT2D eigenvalue weighted by atomic mass is 16.4. The van der Waals surface area contributed by atoms with E-state index in [1.54, 1.807) is 31.3 Å². The van der Waals surface area contributed by atoms with E-state index in [0.717, 1.165) is 5.56 Å². The van der Waals surface area contributed by atoms with E-state index < -0.39 is 17.9 Å². The van der Waals surface area contributed by atoms with E-state index in [2.05, 4.69) is 0 Å². The van der Waals surface area contributed by atoms with Gasteiger partial charge in [-0.15, -0.1) is 0 Å². The van der Waals surface area contributed by atoms with E-state index in [1.807, 2.05) is 30.3 Å². The minimum absolute atomic E-state index is 0.142. The molecule has 21 heavy (non-hydrogen) atoms. The highest BCUT2D eigenvalue weighted by molar-refractivity contribution is 6.00. The fourth-order valence-electron chi connectivity index (χ4n) is 3.01. The third kappa shape index (κ3) is 2.09. The normalized spacial score (nSPS) is 21.0. The fourth-order valence-corrected chi connectivity index (χ4v) is 3.01. The molecule has 2 atom stereocenters. The lowest BCUT2D eigenvalue weighted by atomic mass is 9.80. The monoisotopic (exact) mass is 281 g/mol. The smallest absolute Gasteiger partial charge is 0.313 e. The molecule has 106 valence electrons. The first-order valence-corrected chi connectivity index (χ1v) is 6.75. The average molecular weight is 281 g/mol. The highest BCUT2D eigenvalue weighted by Crippen LogP contribution is 2.41. The Bertz CT molecular complexity index is 696. The fraction of sp³-hybridized carbons (Fsp3) is 0.176. The third-order valence-corrected chi connectivity index (χ3v) is 3.99. The summed E-state index contributed by atoms with van der Waals surface area (Å²) in [6.45, 7) is 0. The number of fused-ring (bicyclic) bond motifs is 1. The molecule has 1 N–H and O–H groups in total. The van der Waals surface area contributed by atoms with Gasteiger partial charge in [0, 0.05) is 12.6 Å². The maximum atomic E-state index is 12.5. The first-order chi connectivity index (χ1) is 10.1. The minimum Gasteiger partial charge on any atom is -0.481 e. The molecule has 1 aliphatic heterocycles. The number of benzene rings is 2. The molecule has 2 aromatic carbocycles. The Morgan fingerprint density at radius 1 is 1.05 bits per heavy atom. The number of likely N-dealkylation sites (N-methyl/N-ethyl adjacent to an activating group) is 1. The average Bonchev–Trinajstić information content (AvgIpc) is 2.51. The number of hydrogen-bond acceptors (Lipinski definition) is 2. The van der Waals surface area contributed by atoms with Crippen LogP contribution in [0, 0.1) is 0 Å². The number of carboxylic acids is 1. The van der Waals surface area contributed by atoms with E-state index in [4.69, 9.17) is 0 Å². The molecule has 3 rings (SSSR count). The zero-order valence-corrected chi connectivity index (χ0v) is 11.6. The predicted octanol–water partition coefficient (Wildman–Crippen LogP) is 2.68. The first kappa shape index (κ1) is 13.4. The van der Waals surface area contributed by atoms with Crippen molar-refractivity contribution in [1.82, 2.24) is 4.90 Å². The van der Waals surface area contributed by atoms with Gasteiger partial charge in [0.15, 0.2) is 0 Å². The molecular formula is C17H15NO3. The van der Waals surface area contributed by atoms with Crippen LogP contribution in [0.4, 0.5) is 0 Å². The SMILES string of the molecule is CN1C(=O)c2ccccc2[C@@H](C(=O)O)[C@@H]1c1ccccc1. The van der Waals surface area contributed by atoms with Gasteiger partial charge in [-0.25, -0.2) is 0 Å². The first-order valence-electron chi connectivity index (χ1n) is 6.75. The molecular weight excluding hydrogens is 266 g/mol. The maximum Gasteiger partial charge on any atom is 0.313 e. The standard InChI is InChI=1S/C17H15NO3/c1-18-15(11-7-3-2-4-8-11)14(17(20)21)12-9-5-6-10-13(12)16(18)19/h2-10,14-15H,1H3,(H,20,21)/t14-,15+/m1/s1. The topological polar surface area (TPSA) is 57.6 Å². The van der Waals surface area contributed by atoms with Crippen LogP contribution in [0.3, 0.4) is 0 Å². The van der Waals surface area contributed by atoms with Gasteiger partial charge >= 0.3 is 5.97 Å². The number of rotatable bonds is 2. The summed E-state index contributed by atoms with van der Waals surface area (Å²) in [5.74, 6) is -1.82. The summed E-state index contributed by atoms with van der Waals surface area (Å²) in [7, 11) is 1.66. The number of carbonyl (C=O) groups excluding carboxylic acids is 1. The van der Waals surface area contributed by atoms with Crippen LogP contribution in [0.2, 0.25) is 0 Å². The Morgan fingerprint density at radius 2 is 1.67 bits per heavy atom. The predicted molar refractivity (Wildman–Crippen MR) is 78.1 cm³/mol. The van der Waals surface area contributed by atoms with E-state index in [0.29, 0.717) is 11.1 Å². The molecule has 0 unspecified atom stereocenters. The van der Waals surface area contributed by atoms with E-state index >= 15 is 0 Å². The Balaban J connectivity index is 2.20. The Morgan fingerprint density at radius 3 is 2.33 bits per heavy atom. The lowest BCUT2D eigenvalue weighted by Gasteiger charge is -2.38. The molecule has 0 fully saturated rings. The zero-order valence-electron chi connectivity index (χ0n) is 11.6. The summed E-state index contributed by atoms with van der Waals surface area (Å²) >= 11 is 0. The van der Waals surface area contributed by atoms with Crippen LogP contribution < -0.4 is 0 Å². The maximum absolute atomic E-state index is 12.5. The molecule has 1 amide bonds. The van der Waals surface area contributed by atoms with Crippen molar-refractivity contribution in [1.29, 1.82) is 0 Å². The summed E-state index contributed by atoms with van der Waals surface area (Å²) in [5.41, 5.74) is 1.89. The van der Waals surface area contributed by atoms with Gasteiger partial charge in [-0.1, -0.05) is 48.5 Å². The molecule has 0 aromatic heterocycles. The van der Waals surface area contributed by atoms with Gasteiger partial charge in [0.2, 0.25) is 0 Å². The van der Waals surface area contributed by atoms with Crippen LogP contribution in [0.15, 0.2) is 54.6 Å². The van der Waals surface area contributed by atoms with Crippen molar-refractivity contribution in [3.8, 4) is 0 Å². The molecule has 0 aliphatic carbocycles. The second-order valence-electron chi connectivity index (χ2n) is 5.17. The Kier molecular flexibility index (Phi) is 3.22. The van der Waals surface area contributed by atoms with Crippen LogP contribution in [-0.2, 0) is 4.79 Å². The summed E-state index contributed by atoms with van der Waals surface area (Å²) in [6.07, 6.45) is 0. The van der Waals surface area contributed by atoms with Gasteiger partial charge in [0.05, 0.1) is 6.04 Å². The second kappa shape index (κ2) is 5.05. The molecule has 0 saturated carbocycles. The van der Waals surface area contributed by atoms with Crippen LogP contribution in [0.25, 0.3) is 0 Å². The lowest BCUT2D eigenvalue weighted by molar-refractivity contribution is -0.140. The van der Waals surface area contributed by atoms with Crippen molar-refractivity contribution < 1.29 is 14.7 Å². The van der Waals surface area contributed by atoms with Crippen LogP contribution >= 0.6 is 0 Å². The Labute approximate surface area is 122 Å². The molecule has 4 nitrogen and oxygen atoms in total. The largest absolute Gasteiger partial charge is 0.481 e. The van der Waals surface area contributed by atoms with Crippen molar-refractivity contribution >= 4 is 11.9 Å². The summed E-state index contributed by atoms with van der Waals surface area (Å²) < 4.78 is 0. The van der Waals surface area contributed by atoms with Gasteiger partial charge in [-0.05, 0) is 17.2 Å². The van der Waals surface area contributed by atoms with Crippen molar-refractivity contribution in [2.75, 3.05) is 7.05 Å².